The number of hydrogen-bond donors (Lipinski definition) is 1. The van der Waals surface area contributed by atoms with Gasteiger partial charge in [-0.1, -0.05) is 6.92 Å². The van der Waals surface area contributed by atoms with Crippen LogP contribution in [-0.2, 0) is 4.79 Å². The number of rotatable bonds is 3. The van der Waals surface area contributed by atoms with Crippen molar-refractivity contribution in [2.24, 2.45) is 11.7 Å². The van der Waals surface area contributed by atoms with E-state index in [9.17, 15) is 9.59 Å². The average molecular weight is 352 g/mol. The molecule has 2 atom stereocenters. The molecule has 2 amide bonds. The van der Waals surface area contributed by atoms with E-state index in [1.54, 1.807) is 4.90 Å². The first kappa shape index (κ1) is 18.7. The van der Waals surface area contributed by atoms with Crippen LogP contribution in [0.3, 0.4) is 0 Å². The predicted octanol–water partition coefficient (Wildman–Crippen LogP) is 2.43. The largest absolute Gasteiger partial charge is 0.334 e. The fraction of sp³-hybridized carbons (Fsp3) is 0.556. The summed E-state index contributed by atoms with van der Waals surface area (Å²) in [7, 11) is 0. The minimum atomic E-state index is 0. The van der Waals surface area contributed by atoms with E-state index < -0.39 is 0 Å². The summed E-state index contributed by atoms with van der Waals surface area (Å²) in [4.78, 5) is 28.3. The Balaban J connectivity index is 0.00000208. The predicted molar refractivity (Wildman–Crippen MR) is 97.6 cm³/mol. The van der Waals surface area contributed by atoms with Crippen LogP contribution in [0.4, 0.5) is 5.69 Å². The molecule has 132 valence electrons. The van der Waals surface area contributed by atoms with Gasteiger partial charge in [-0.2, -0.15) is 0 Å². The van der Waals surface area contributed by atoms with Crippen LogP contribution in [0.2, 0.25) is 0 Å². The number of nitrogens with zero attached hydrogens (tertiary/aromatic N) is 2. The Morgan fingerprint density at radius 1 is 1.25 bits per heavy atom. The molecule has 3 rings (SSSR count). The lowest BCUT2D eigenvalue weighted by Gasteiger charge is -2.38. The van der Waals surface area contributed by atoms with Crippen molar-refractivity contribution in [2.45, 2.75) is 38.6 Å². The van der Waals surface area contributed by atoms with Crippen LogP contribution in [0.15, 0.2) is 24.3 Å². The van der Waals surface area contributed by atoms with Crippen LogP contribution in [-0.4, -0.2) is 42.4 Å². The first-order valence-corrected chi connectivity index (χ1v) is 8.51. The van der Waals surface area contributed by atoms with Crippen LogP contribution in [0.1, 0.15) is 43.0 Å². The molecule has 1 aromatic carbocycles. The number of amides is 2. The summed E-state index contributed by atoms with van der Waals surface area (Å²) in [5, 5.41) is 0. The minimum absolute atomic E-state index is 0. The van der Waals surface area contributed by atoms with E-state index in [2.05, 4.69) is 6.92 Å². The van der Waals surface area contributed by atoms with Gasteiger partial charge in [-0.15, -0.1) is 12.4 Å². The van der Waals surface area contributed by atoms with Crippen LogP contribution in [0, 0.1) is 5.92 Å². The number of benzene rings is 1. The van der Waals surface area contributed by atoms with Crippen molar-refractivity contribution in [1.29, 1.82) is 0 Å². The lowest BCUT2D eigenvalue weighted by molar-refractivity contribution is -0.117. The Morgan fingerprint density at radius 3 is 2.54 bits per heavy atom. The first-order chi connectivity index (χ1) is 11.1. The lowest BCUT2D eigenvalue weighted by atomic mass is 9.92. The highest BCUT2D eigenvalue weighted by molar-refractivity contribution is 5.97. The van der Waals surface area contributed by atoms with Gasteiger partial charge in [0.25, 0.3) is 5.91 Å². The fourth-order valence-corrected chi connectivity index (χ4v) is 3.61. The van der Waals surface area contributed by atoms with Crippen molar-refractivity contribution in [3.63, 3.8) is 0 Å². The zero-order valence-electron chi connectivity index (χ0n) is 14.1. The Bertz CT molecular complexity index is 590. The summed E-state index contributed by atoms with van der Waals surface area (Å²) < 4.78 is 0. The van der Waals surface area contributed by atoms with Crippen molar-refractivity contribution < 1.29 is 9.59 Å². The highest BCUT2D eigenvalue weighted by Gasteiger charge is 2.29. The minimum Gasteiger partial charge on any atom is -0.334 e. The topological polar surface area (TPSA) is 66.6 Å². The summed E-state index contributed by atoms with van der Waals surface area (Å²) >= 11 is 0. The molecule has 2 aliphatic heterocycles. The van der Waals surface area contributed by atoms with Gasteiger partial charge in [-0.25, -0.2) is 0 Å². The molecule has 2 unspecified atom stereocenters. The number of anilines is 1. The number of carbonyl (C=O) groups excluding carboxylic acids is 2. The van der Waals surface area contributed by atoms with Crippen molar-refractivity contribution in [2.75, 3.05) is 24.5 Å². The standard InChI is InChI=1S/C18H25N3O2.ClH/c1-13-8-10-21(16(11-13)12-19)18(23)14-4-6-15(7-5-14)20-9-2-3-17(20)22;/h4-7,13,16H,2-3,8-12,19H2,1H3;1H. The maximum atomic E-state index is 12.8. The third-order valence-electron chi connectivity index (χ3n) is 5.01. The normalized spacial score (nSPS) is 24.0. The molecule has 1 aromatic rings. The summed E-state index contributed by atoms with van der Waals surface area (Å²) in [5.41, 5.74) is 7.41. The van der Waals surface area contributed by atoms with Crippen LogP contribution < -0.4 is 10.6 Å². The molecular formula is C18H26ClN3O2. The van der Waals surface area contributed by atoms with Crippen molar-refractivity contribution >= 4 is 29.9 Å². The number of likely N-dealkylation sites (tertiary alicyclic amines) is 1. The molecule has 0 aromatic heterocycles. The molecule has 0 spiro atoms. The molecule has 5 nitrogen and oxygen atoms in total. The maximum absolute atomic E-state index is 12.8. The van der Waals surface area contributed by atoms with Crippen molar-refractivity contribution in [1.82, 2.24) is 4.90 Å². The zero-order chi connectivity index (χ0) is 16.4. The molecule has 0 bridgehead atoms. The van der Waals surface area contributed by atoms with Crippen molar-refractivity contribution in [3.05, 3.63) is 29.8 Å². The van der Waals surface area contributed by atoms with Gasteiger partial charge in [-0.05, 0) is 49.4 Å². The lowest BCUT2D eigenvalue weighted by Crippen LogP contribution is -2.49. The molecule has 0 aliphatic carbocycles. The third kappa shape index (κ3) is 3.73. The Hall–Kier alpha value is -1.59. The van der Waals surface area contributed by atoms with Gasteiger partial charge in [0, 0.05) is 43.3 Å². The first-order valence-electron chi connectivity index (χ1n) is 8.51. The van der Waals surface area contributed by atoms with Crippen LogP contribution in [0.5, 0.6) is 0 Å². The Kier molecular flexibility index (Phi) is 6.24. The molecule has 2 N–H and O–H groups in total. The average Bonchev–Trinajstić information content (AvgIpc) is 3.00. The van der Waals surface area contributed by atoms with Gasteiger partial charge in [0.2, 0.25) is 5.91 Å². The molecule has 2 aliphatic rings. The number of carbonyl (C=O) groups is 2. The van der Waals surface area contributed by atoms with E-state index in [1.807, 2.05) is 29.2 Å². The van der Waals surface area contributed by atoms with Gasteiger partial charge in [0.15, 0.2) is 0 Å². The molecule has 0 radical (unpaired) electrons. The number of piperidine rings is 1. The highest BCUT2D eigenvalue weighted by atomic mass is 35.5. The SMILES string of the molecule is CC1CCN(C(=O)c2ccc(N3CCCC3=O)cc2)C(CN)C1.Cl. The molecule has 2 saturated heterocycles. The van der Waals surface area contributed by atoms with E-state index in [0.29, 0.717) is 24.4 Å². The van der Waals surface area contributed by atoms with Crippen LogP contribution >= 0.6 is 12.4 Å². The van der Waals surface area contributed by atoms with Gasteiger partial charge < -0.3 is 15.5 Å². The summed E-state index contributed by atoms with van der Waals surface area (Å²) in [6, 6.07) is 7.54. The summed E-state index contributed by atoms with van der Waals surface area (Å²) in [6.45, 7) is 4.27. The van der Waals surface area contributed by atoms with E-state index in [0.717, 1.165) is 38.0 Å². The monoisotopic (exact) mass is 351 g/mol. The third-order valence-corrected chi connectivity index (χ3v) is 5.01. The molecule has 24 heavy (non-hydrogen) atoms. The molecule has 2 heterocycles. The highest BCUT2D eigenvalue weighted by Crippen LogP contribution is 2.25. The number of halogens is 1. The second-order valence-electron chi connectivity index (χ2n) is 6.71. The van der Waals surface area contributed by atoms with Crippen LogP contribution in [0.25, 0.3) is 0 Å². The van der Waals surface area contributed by atoms with Gasteiger partial charge in [-0.3, -0.25) is 9.59 Å². The summed E-state index contributed by atoms with van der Waals surface area (Å²) in [6.07, 6.45) is 3.53. The smallest absolute Gasteiger partial charge is 0.254 e. The fourth-order valence-electron chi connectivity index (χ4n) is 3.61. The van der Waals surface area contributed by atoms with E-state index in [-0.39, 0.29) is 30.3 Å². The molecule has 0 saturated carbocycles. The molecule has 6 heteroatoms. The maximum Gasteiger partial charge on any atom is 0.254 e. The Morgan fingerprint density at radius 2 is 1.96 bits per heavy atom. The van der Waals surface area contributed by atoms with Gasteiger partial charge >= 0.3 is 0 Å². The van der Waals surface area contributed by atoms with Gasteiger partial charge in [0.1, 0.15) is 0 Å². The molecule has 2 fully saturated rings. The van der Waals surface area contributed by atoms with Crippen molar-refractivity contribution in [3.8, 4) is 0 Å². The Labute approximate surface area is 149 Å². The second-order valence-corrected chi connectivity index (χ2v) is 6.71. The summed E-state index contributed by atoms with van der Waals surface area (Å²) in [5.74, 6) is 0.833. The van der Waals surface area contributed by atoms with E-state index in [1.165, 1.54) is 0 Å². The zero-order valence-corrected chi connectivity index (χ0v) is 14.9. The quantitative estimate of drug-likeness (QED) is 0.909. The number of nitrogens with two attached hydrogens (primary N) is 1. The van der Waals surface area contributed by atoms with E-state index in [4.69, 9.17) is 5.73 Å². The number of hydrogen-bond acceptors (Lipinski definition) is 3. The molecular weight excluding hydrogens is 326 g/mol. The van der Waals surface area contributed by atoms with Gasteiger partial charge in [0.05, 0.1) is 0 Å². The van der Waals surface area contributed by atoms with E-state index >= 15 is 0 Å². The second kappa shape index (κ2) is 7.99.